The molecule has 0 amide bonds. The summed E-state index contributed by atoms with van der Waals surface area (Å²) < 4.78 is 11.4. The van der Waals surface area contributed by atoms with E-state index < -0.39 is 0 Å². The lowest BCUT2D eigenvalue weighted by molar-refractivity contribution is 0.224. The summed E-state index contributed by atoms with van der Waals surface area (Å²) in [5.41, 5.74) is 0.733. The minimum absolute atomic E-state index is 0.106. The maximum atomic E-state index is 10.3. The van der Waals surface area contributed by atoms with E-state index in [1.165, 1.54) is 0 Å². The van der Waals surface area contributed by atoms with Gasteiger partial charge < -0.3 is 19.9 Å². The van der Waals surface area contributed by atoms with E-state index in [9.17, 15) is 5.11 Å². The number of phenols is 1. The van der Waals surface area contributed by atoms with Gasteiger partial charge in [-0.15, -0.1) is 0 Å². The van der Waals surface area contributed by atoms with Crippen molar-refractivity contribution in [2.24, 2.45) is 0 Å². The quantitative estimate of drug-likeness (QED) is 0.869. The maximum Gasteiger partial charge on any atom is 0.169 e. The normalized spacial score (nSPS) is 19.6. The van der Waals surface area contributed by atoms with Gasteiger partial charge in [-0.2, -0.15) is 0 Å². The third-order valence-corrected chi connectivity index (χ3v) is 3.94. The second kappa shape index (κ2) is 6.08. The van der Waals surface area contributed by atoms with Crippen molar-refractivity contribution < 1.29 is 14.6 Å². The molecule has 0 unspecified atom stereocenters. The molecule has 5 nitrogen and oxygen atoms in total. The van der Waals surface area contributed by atoms with Gasteiger partial charge in [0.1, 0.15) is 5.75 Å². The van der Waals surface area contributed by atoms with E-state index >= 15 is 0 Å². The summed E-state index contributed by atoms with van der Waals surface area (Å²) in [5.74, 6) is 1.38. The Kier molecular flexibility index (Phi) is 4.19. The second-order valence-corrected chi connectivity index (χ2v) is 5.50. The van der Waals surface area contributed by atoms with Crippen LogP contribution in [0.15, 0.2) is 6.07 Å². The van der Waals surface area contributed by atoms with Crippen LogP contribution in [0.1, 0.15) is 12.0 Å². The highest BCUT2D eigenvalue weighted by atomic mass is 35.5. The van der Waals surface area contributed by atoms with Gasteiger partial charge in [-0.05, 0) is 0 Å². The molecule has 110 valence electrons. The van der Waals surface area contributed by atoms with E-state index in [-0.39, 0.29) is 5.75 Å². The maximum absolute atomic E-state index is 10.3. The van der Waals surface area contributed by atoms with Crippen molar-refractivity contribution in [2.75, 3.05) is 39.4 Å². The molecule has 2 heterocycles. The average molecular weight is 299 g/mol. The Bertz CT molecular complexity index is 490. The number of fused-ring (bicyclic) bond motifs is 1. The third kappa shape index (κ3) is 2.80. The zero-order valence-electron chi connectivity index (χ0n) is 11.3. The lowest BCUT2D eigenvalue weighted by atomic mass is 10.1. The Morgan fingerprint density at radius 3 is 2.80 bits per heavy atom. The minimum atomic E-state index is 0.106. The SMILES string of the molecule is Oc1c(Cl)cc2c(c1CN1CCNCC1)OCCCO2. The predicted molar refractivity (Wildman–Crippen MR) is 76.9 cm³/mol. The molecule has 1 fully saturated rings. The standard InChI is InChI=1S/C14H19ClN2O3/c15-11-8-12-14(20-7-1-6-19-12)10(13(11)18)9-17-4-2-16-3-5-17/h8,16,18H,1-7,9H2. The van der Waals surface area contributed by atoms with Gasteiger partial charge in [-0.3, -0.25) is 4.90 Å². The van der Waals surface area contributed by atoms with E-state index in [0.717, 1.165) is 38.2 Å². The van der Waals surface area contributed by atoms with Crippen LogP contribution in [0.3, 0.4) is 0 Å². The molecule has 0 aliphatic carbocycles. The van der Waals surface area contributed by atoms with Gasteiger partial charge in [0.25, 0.3) is 0 Å². The van der Waals surface area contributed by atoms with Gasteiger partial charge in [-0.1, -0.05) is 11.6 Å². The largest absolute Gasteiger partial charge is 0.506 e. The van der Waals surface area contributed by atoms with Gasteiger partial charge in [0, 0.05) is 45.2 Å². The molecule has 3 rings (SSSR count). The van der Waals surface area contributed by atoms with Gasteiger partial charge in [0.05, 0.1) is 23.8 Å². The highest BCUT2D eigenvalue weighted by Crippen LogP contribution is 2.43. The van der Waals surface area contributed by atoms with Gasteiger partial charge in [0.15, 0.2) is 11.5 Å². The fourth-order valence-electron chi connectivity index (χ4n) is 2.57. The molecule has 0 spiro atoms. The van der Waals surface area contributed by atoms with E-state index in [4.69, 9.17) is 21.1 Å². The number of aromatic hydroxyl groups is 1. The lowest BCUT2D eigenvalue weighted by Gasteiger charge is -2.28. The molecule has 0 radical (unpaired) electrons. The van der Waals surface area contributed by atoms with Crippen LogP contribution in [0.5, 0.6) is 17.2 Å². The first-order chi connectivity index (χ1) is 9.75. The summed E-state index contributed by atoms with van der Waals surface area (Å²) >= 11 is 6.11. The van der Waals surface area contributed by atoms with Crippen molar-refractivity contribution in [3.05, 3.63) is 16.7 Å². The summed E-state index contributed by atoms with van der Waals surface area (Å²) in [5, 5.41) is 13.9. The zero-order valence-corrected chi connectivity index (χ0v) is 12.1. The topological polar surface area (TPSA) is 54.0 Å². The molecule has 20 heavy (non-hydrogen) atoms. The van der Waals surface area contributed by atoms with E-state index in [1.807, 2.05) is 0 Å². The summed E-state index contributed by atoms with van der Waals surface area (Å²) in [6, 6.07) is 1.64. The molecule has 0 bridgehead atoms. The highest BCUT2D eigenvalue weighted by molar-refractivity contribution is 6.32. The number of nitrogens with zero attached hydrogens (tertiary/aromatic N) is 1. The van der Waals surface area contributed by atoms with Crippen LogP contribution in [0, 0.1) is 0 Å². The fourth-order valence-corrected chi connectivity index (χ4v) is 2.78. The lowest BCUT2D eigenvalue weighted by Crippen LogP contribution is -2.42. The number of halogens is 1. The van der Waals surface area contributed by atoms with Crippen LogP contribution in [0.25, 0.3) is 0 Å². The molecule has 2 aliphatic heterocycles. The number of phenolic OH excluding ortho intramolecular Hbond substituents is 1. The third-order valence-electron chi connectivity index (χ3n) is 3.65. The molecular weight excluding hydrogens is 280 g/mol. The summed E-state index contributed by atoms with van der Waals surface area (Å²) in [4.78, 5) is 2.27. The Labute approximate surface area is 123 Å². The fraction of sp³-hybridized carbons (Fsp3) is 0.571. The Morgan fingerprint density at radius 1 is 1.25 bits per heavy atom. The van der Waals surface area contributed by atoms with Gasteiger partial charge >= 0.3 is 0 Å². The number of nitrogens with one attached hydrogen (secondary N) is 1. The minimum Gasteiger partial charge on any atom is -0.506 e. The molecule has 2 aliphatic rings. The summed E-state index contributed by atoms with van der Waals surface area (Å²) in [6.45, 7) is 5.65. The van der Waals surface area contributed by atoms with Crippen LogP contribution in [-0.4, -0.2) is 49.4 Å². The van der Waals surface area contributed by atoms with Crippen LogP contribution < -0.4 is 14.8 Å². The number of hydrogen-bond donors (Lipinski definition) is 2. The molecule has 1 saturated heterocycles. The zero-order chi connectivity index (χ0) is 13.9. The number of hydrogen-bond acceptors (Lipinski definition) is 5. The van der Waals surface area contributed by atoms with Gasteiger partial charge in [-0.25, -0.2) is 0 Å². The van der Waals surface area contributed by atoms with E-state index in [1.54, 1.807) is 6.07 Å². The molecule has 0 saturated carbocycles. The molecule has 2 N–H and O–H groups in total. The van der Waals surface area contributed by atoms with Crippen LogP contribution in [0.2, 0.25) is 5.02 Å². The van der Waals surface area contributed by atoms with Crippen molar-refractivity contribution in [1.29, 1.82) is 0 Å². The van der Waals surface area contributed by atoms with Crippen molar-refractivity contribution in [3.8, 4) is 17.2 Å². The average Bonchev–Trinajstić information content (AvgIpc) is 2.70. The van der Waals surface area contributed by atoms with Crippen molar-refractivity contribution in [3.63, 3.8) is 0 Å². The van der Waals surface area contributed by atoms with Crippen LogP contribution >= 0.6 is 11.6 Å². The number of ether oxygens (including phenoxy) is 2. The number of rotatable bonds is 2. The van der Waals surface area contributed by atoms with Crippen molar-refractivity contribution in [2.45, 2.75) is 13.0 Å². The Hall–Kier alpha value is -1.17. The Balaban J connectivity index is 1.92. The predicted octanol–water partition coefficient (Wildman–Crippen LogP) is 1.61. The van der Waals surface area contributed by atoms with Crippen LogP contribution in [-0.2, 0) is 6.54 Å². The first kappa shape index (κ1) is 13.8. The van der Waals surface area contributed by atoms with Gasteiger partial charge in [0.2, 0.25) is 0 Å². The van der Waals surface area contributed by atoms with Crippen LogP contribution in [0.4, 0.5) is 0 Å². The first-order valence-electron chi connectivity index (χ1n) is 6.98. The first-order valence-corrected chi connectivity index (χ1v) is 7.36. The Morgan fingerprint density at radius 2 is 2.00 bits per heavy atom. The van der Waals surface area contributed by atoms with Crippen molar-refractivity contribution >= 4 is 11.6 Å². The molecule has 0 atom stereocenters. The van der Waals surface area contributed by atoms with E-state index in [0.29, 0.717) is 36.3 Å². The van der Waals surface area contributed by atoms with Crippen molar-refractivity contribution in [1.82, 2.24) is 10.2 Å². The summed E-state index contributed by atoms with van der Waals surface area (Å²) in [7, 11) is 0. The highest BCUT2D eigenvalue weighted by Gasteiger charge is 2.23. The molecule has 1 aromatic carbocycles. The molecule has 1 aromatic rings. The second-order valence-electron chi connectivity index (χ2n) is 5.09. The molecular formula is C14H19ClN2O3. The van der Waals surface area contributed by atoms with E-state index in [2.05, 4.69) is 10.2 Å². The smallest absolute Gasteiger partial charge is 0.169 e. The monoisotopic (exact) mass is 298 g/mol. The summed E-state index contributed by atoms with van der Waals surface area (Å²) in [6.07, 6.45) is 0.833. The number of benzene rings is 1. The molecule has 0 aromatic heterocycles. The molecule has 6 heteroatoms. The number of piperazine rings is 1.